The number of rotatable bonds is 4. The highest BCUT2D eigenvalue weighted by atomic mass is 79.9. The van der Waals surface area contributed by atoms with Gasteiger partial charge in [0.2, 0.25) is 0 Å². The molecule has 0 bridgehead atoms. The molecule has 0 unspecified atom stereocenters. The monoisotopic (exact) mass is 292 g/mol. The summed E-state index contributed by atoms with van der Waals surface area (Å²) in [5.41, 5.74) is 2.01. The third-order valence-corrected chi connectivity index (χ3v) is 2.89. The van der Waals surface area contributed by atoms with Crippen molar-refractivity contribution in [1.29, 1.82) is 0 Å². The van der Waals surface area contributed by atoms with Crippen molar-refractivity contribution in [2.24, 2.45) is 0 Å². The summed E-state index contributed by atoms with van der Waals surface area (Å²) in [7, 11) is 0. The number of hydrogen-bond acceptors (Lipinski definition) is 2. The topological polar surface area (TPSA) is 29.5 Å². The molecule has 0 fully saturated rings. The molecule has 0 saturated carbocycles. The molecular formula is C14H13BrO2. The van der Waals surface area contributed by atoms with Crippen LogP contribution in [0.5, 0.6) is 5.75 Å². The summed E-state index contributed by atoms with van der Waals surface area (Å²) >= 11 is 3.42. The Kier molecular flexibility index (Phi) is 4.18. The molecule has 17 heavy (non-hydrogen) atoms. The van der Waals surface area contributed by atoms with Gasteiger partial charge >= 0.3 is 0 Å². The number of aliphatic hydroxyl groups excluding tert-OH is 1. The second kappa shape index (κ2) is 5.84. The van der Waals surface area contributed by atoms with Crippen LogP contribution in [0.1, 0.15) is 11.1 Å². The number of benzene rings is 2. The smallest absolute Gasteiger partial charge is 0.119 e. The molecule has 0 amide bonds. The molecule has 0 radical (unpaired) electrons. The zero-order chi connectivity index (χ0) is 12.1. The van der Waals surface area contributed by atoms with E-state index >= 15 is 0 Å². The van der Waals surface area contributed by atoms with E-state index in [1.54, 1.807) is 0 Å². The van der Waals surface area contributed by atoms with Crippen LogP contribution in [0.15, 0.2) is 53.0 Å². The van der Waals surface area contributed by atoms with Crippen LogP contribution in [0, 0.1) is 0 Å². The maximum absolute atomic E-state index is 8.92. The van der Waals surface area contributed by atoms with Crippen LogP contribution in [-0.2, 0) is 13.2 Å². The van der Waals surface area contributed by atoms with Crippen molar-refractivity contribution in [2.75, 3.05) is 0 Å². The van der Waals surface area contributed by atoms with Gasteiger partial charge in [-0.3, -0.25) is 0 Å². The zero-order valence-corrected chi connectivity index (χ0v) is 10.9. The molecule has 0 saturated heterocycles. The van der Waals surface area contributed by atoms with Gasteiger partial charge in [0, 0.05) is 4.47 Å². The fraction of sp³-hybridized carbons (Fsp3) is 0.143. The fourth-order valence-corrected chi connectivity index (χ4v) is 1.93. The van der Waals surface area contributed by atoms with Crippen LogP contribution in [0.2, 0.25) is 0 Å². The van der Waals surface area contributed by atoms with Gasteiger partial charge in [-0.15, -0.1) is 0 Å². The summed E-state index contributed by atoms with van der Waals surface area (Å²) in [4.78, 5) is 0. The quantitative estimate of drug-likeness (QED) is 0.934. The number of hydrogen-bond donors (Lipinski definition) is 1. The molecule has 0 aliphatic rings. The Balaban J connectivity index is 1.97. The molecule has 2 aromatic rings. The van der Waals surface area contributed by atoms with Gasteiger partial charge in [-0.25, -0.2) is 0 Å². The Morgan fingerprint density at radius 2 is 1.76 bits per heavy atom. The SMILES string of the molecule is OCc1ccc(OCc2cccc(Br)c2)cc1. The largest absolute Gasteiger partial charge is 0.489 e. The average molecular weight is 293 g/mol. The van der Waals surface area contributed by atoms with Crippen LogP contribution < -0.4 is 4.74 Å². The van der Waals surface area contributed by atoms with E-state index in [-0.39, 0.29) is 6.61 Å². The second-order valence-electron chi connectivity index (χ2n) is 3.72. The lowest BCUT2D eigenvalue weighted by Gasteiger charge is -2.07. The van der Waals surface area contributed by atoms with Crippen molar-refractivity contribution in [3.63, 3.8) is 0 Å². The Morgan fingerprint density at radius 1 is 1.00 bits per heavy atom. The van der Waals surface area contributed by atoms with E-state index in [0.717, 1.165) is 21.3 Å². The van der Waals surface area contributed by atoms with Gasteiger partial charge in [0.1, 0.15) is 12.4 Å². The van der Waals surface area contributed by atoms with Crippen LogP contribution >= 0.6 is 15.9 Å². The summed E-state index contributed by atoms with van der Waals surface area (Å²) < 4.78 is 6.69. The zero-order valence-electron chi connectivity index (χ0n) is 9.27. The lowest BCUT2D eigenvalue weighted by atomic mass is 10.2. The van der Waals surface area contributed by atoms with Crippen molar-refractivity contribution >= 4 is 15.9 Å². The van der Waals surface area contributed by atoms with Gasteiger partial charge < -0.3 is 9.84 Å². The van der Waals surface area contributed by atoms with Crippen molar-refractivity contribution in [1.82, 2.24) is 0 Å². The molecule has 0 aliphatic carbocycles. The Bertz CT molecular complexity index is 480. The van der Waals surface area contributed by atoms with E-state index in [9.17, 15) is 0 Å². The molecule has 0 atom stereocenters. The van der Waals surface area contributed by atoms with E-state index in [2.05, 4.69) is 15.9 Å². The van der Waals surface area contributed by atoms with Gasteiger partial charge in [-0.05, 0) is 35.4 Å². The van der Waals surface area contributed by atoms with E-state index in [4.69, 9.17) is 9.84 Å². The number of aliphatic hydroxyl groups is 1. The maximum Gasteiger partial charge on any atom is 0.119 e. The highest BCUT2D eigenvalue weighted by Crippen LogP contribution is 2.16. The highest BCUT2D eigenvalue weighted by molar-refractivity contribution is 9.10. The molecule has 0 heterocycles. The van der Waals surface area contributed by atoms with Crippen LogP contribution in [0.4, 0.5) is 0 Å². The molecule has 2 rings (SSSR count). The summed E-state index contributed by atoms with van der Waals surface area (Å²) in [5, 5.41) is 8.92. The Hall–Kier alpha value is -1.32. The normalized spacial score (nSPS) is 10.2. The van der Waals surface area contributed by atoms with Crippen LogP contribution in [0.3, 0.4) is 0 Å². The van der Waals surface area contributed by atoms with Crippen molar-refractivity contribution in [2.45, 2.75) is 13.2 Å². The molecule has 1 N–H and O–H groups in total. The van der Waals surface area contributed by atoms with E-state index < -0.39 is 0 Å². The summed E-state index contributed by atoms with van der Waals surface area (Å²) in [6, 6.07) is 15.5. The summed E-state index contributed by atoms with van der Waals surface area (Å²) in [6.07, 6.45) is 0. The van der Waals surface area contributed by atoms with Crippen molar-refractivity contribution in [3.05, 3.63) is 64.1 Å². The number of halogens is 1. The van der Waals surface area contributed by atoms with Gasteiger partial charge in [0.05, 0.1) is 6.61 Å². The van der Waals surface area contributed by atoms with E-state index in [1.165, 1.54) is 0 Å². The first-order valence-corrected chi connectivity index (χ1v) is 6.14. The minimum Gasteiger partial charge on any atom is -0.489 e. The Labute approximate surface area is 109 Å². The average Bonchev–Trinajstić information content (AvgIpc) is 2.37. The van der Waals surface area contributed by atoms with Gasteiger partial charge in [0.15, 0.2) is 0 Å². The van der Waals surface area contributed by atoms with Gasteiger partial charge in [0.25, 0.3) is 0 Å². The Morgan fingerprint density at radius 3 is 2.41 bits per heavy atom. The molecule has 2 aromatic carbocycles. The minimum absolute atomic E-state index is 0.0614. The molecule has 0 aromatic heterocycles. The van der Waals surface area contributed by atoms with Crippen LogP contribution in [-0.4, -0.2) is 5.11 Å². The molecule has 0 spiro atoms. The van der Waals surface area contributed by atoms with Crippen molar-refractivity contribution in [3.8, 4) is 5.75 Å². The van der Waals surface area contributed by atoms with Gasteiger partial charge in [-0.1, -0.05) is 40.2 Å². The molecule has 0 aliphatic heterocycles. The lowest BCUT2D eigenvalue weighted by molar-refractivity contribution is 0.280. The third kappa shape index (κ3) is 3.58. The lowest BCUT2D eigenvalue weighted by Crippen LogP contribution is -1.95. The molecule has 88 valence electrons. The van der Waals surface area contributed by atoms with E-state index in [1.807, 2.05) is 48.5 Å². The first kappa shape index (κ1) is 12.1. The first-order valence-electron chi connectivity index (χ1n) is 5.35. The predicted octanol–water partition coefficient (Wildman–Crippen LogP) is 3.52. The fourth-order valence-electron chi connectivity index (χ4n) is 1.48. The summed E-state index contributed by atoms with van der Waals surface area (Å²) in [6.45, 7) is 0.601. The molecule has 2 nitrogen and oxygen atoms in total. The molecule has 3 heteroatoms. The van der Waals surface area contributed by atoms with Gasteiger partial charge in [-0.2, -0.15) is 0 Å². The standard InChI is InChI=1S/C14H13BrO2/c15-13-3-1-2-12(8-13)10-17-14-6-4-11(9-16)5-7-14/h1-8,16H,9-10H2. The maximum atomic E-state index is 8.92. The highest BCUT2D eigenvalue weighted by Gasteiger charge is 1.97. The minimum atomic E-state index is 0.0614. The van der Waals surface area contributed by atoms with E-state index in [0.29, 0.717) is 6.61 Å². The molecular weight excluding hydrogens is 280 g/mol. The predicted molar refractivity (Wildman–Crippen MR) is 70.8 cm³/mol. The number of ether oxygens (including phenoxy) is 1. The first-order chi connectivity index (χ1) is 8.28. The van der Waals surface area contributed by atoms with Crippen molar-refractivity contribution < 1.29 is 9.84 Å². The second-order valence-corrected chi connectivity index (χ2v) is 4.64. The third-order valence-electron chi connectivity index (χ3n) is 2.40. The van der Waals surface area contributed by atoms with Crippen LogP contribution in [0.25, 0.3) is 0 Å². The summed E-state index contributed by atoms with van der Waals surface area (Å²) in [5.74, 6) is 0.808.